The summed E-state index contributed by atoms with van der Waals surface area (Å²) in [5, 5.41) is 18.2. The second-order valence-corrected chi connectivity index (χ2v) is 5.80. The molecule has 2 rings (SSSR count). The molecule has 0 unspecified atom stereocenters. The Morgan fingerprint density at radius 3 is 2.48 bits per heavy atom. The van der Waals surface area contributed by atoms with Gasteiger partial charge in [-0.15, -0.1) is 0 Å². The normalized spacial score (nSPS) is 10.6. The lowest BCUT2D eigenvalue weighted by Crippen LogP contribution is -2.09. The van der Waals surface area contributed by atoms with E-state index in [2.05, 4.69) is 15.9 Å². The quantitative estimate of drug-likeness (QED) is 0.539. The molecule has 2 N–H and O–H groups in total. The number of phenols is 1. The highest BCUT2D eigenvalue weighted by Gasteiger charge is 2.08. The van der Waals surface area contributed by atoms with Crippen LogP contribution in [0.5, 0.6) is 17.2 Å². The summed E-state index contributed by atoms with van der Waals surface area (Å²) in [5.74, 6) is -0.473. The van der Waals surface area contributed by atoms with Gasteiger partial charge < -0.3 is 19.7 Å². The Morgan fingerprint density at radius 1 is 1.20 bits per heavy atom. The Hall–Kier alpha value is -2.80. The lowest BCUT2D eigenvalue weighted by atomic mass is 10.1. The van der Waals surface area contributed by atoms with Gasteiger partial charge in [0.2, 0.25) is 0 Å². The molecule has 0 spiro atoms. The van der Waals surface area contributed by atoms with Crippen molar-refractivity contribution >= 4 is 33.8 Å². The van der Waals surface area contributed by atoms with E-state index in [-0.39, 0.29) is 11.5 Å². The third kappa shape index (κ3) is 5.09. The molecule has 2 aromatic carbocycles. The predicted molar refractivity (Wildman–Crippen MR) is 95.3 cm³/mol. The summed E-state index contributed by atoms with van der Waals surface area (Å²) in [7, 11) is 1.47. The van der Waals surface area contributed by atoms with Crippen LogP contribution in [-0.2, 0) is 4.79 Å². The summed E-state index contributed by atoms with van der Waals surface area (Å²) in [6, 6.07) is 9.24. The van der Waals surface area contributed by atoms with Crippen molar-refractivity contribution < 1.29 is 29.3 Å². The van der Waals surface area contributed by atoms with Crippen molar-refractivity contribution in [1.82, 2.24) is 0 Å². The Kier molecular flexibility index (Phi) is 6.19. The fraction of sp³-hybridized carbons (Fsp3) is 0.111. The highest BCUT2D eigenvalue weighted by atomic mass is 79.9. The minimum Gasteiger partial charge on any atom is -0.507 e. The van der Waals surface area contributed by atoms with Gasteiger partial charge in [-0.25, -0.2) is 4.79 Å². The predicted octanol–water partition coefficient (Wildman–Crippen LogP) is 3.52. The number of carbonyl (C=O) groups excluding carboxylic acids is 1. The number of rotatable bonds is 7. The van der Waals surface area contributed by atoms with E-state index < -0.39 is 12.6 Å². The van der Waals surface area contributed by atoms with Crippen LogP contribution in [0.2, 0.25) is 0 Å². The number of carbonyl (C=O) groups is 2. The molecule has 7 heteroatoms. The Bertz CT molecular complexity index is 811. The Labute approximate surface area is 152 Å². The van der Waals surface area contributed by atoms with Gasteiger partial charge in [0.05, 0.1) is 11.6 Å². The first-order valence-electron chi connectivity index (χ1n) is 7.14. The molecule has 0 atom stereocenters. The van der Waals surface area contributed by atoms with Crippen LogP contribution in [-0.4, -0.2) is 35.7 Å². The molecule has 0 heterocycles. The molecule has 0 aliphatic rings. The topological polar surface area (TPSA) is 93.1 Å². The van der Waals surface area contributed by atoms with E-state index >= 15 is 0 Å². The maximum Gasteiger partial charge on any atom is 0.341 e. The van der Waals surface area contributed by atoms with Crippen molar-refractivity contribution in [2.24, 2.45) is 0 Å². The molecule has 0 aromatic heterocycles. The van der Waals surface area contributed by atoms with Gasteiger partial charge in [-0.1, -0.05) is 0 Å². The standard InChI is InChI=1S/C18H15BrO6/c1-24-17-9-16(21)14(19)8-12(17)4-7-15(20)11-2-5-13(6-3-11)25-10-18(22)23/h2-9,21H,10H2,1H3,(H,22,23)/b7-4+. The lowest BCUT2D eigenvalue weighted by molar-refractivity contribution is -0.139. The number of ketones is 1. The van der Waals surface area contributed by atoms with E-state index in [4.69, 9.17) is 14.6 Å². The molecule has 0 bridgehead atoms. The number of hydrogen-bond donors (Lipinski definition) is 2. The zero-order chi connectivity index (χ0) is 18.4. The van der Waals surface area contributed by atoms with Crippen molar-refractivity contribution in [3.05, 3.63) is 58.1 Å². The number of allylic oxidation sites excluding steroid dienone is 1. The molecule has 0 fully saturated rings. The van der Waals surface area contributed by atoms with E-state index in [0.29, 0.717) is 27.1 Å². The smallest absolute Gasteiger partial charge is 0.341 e. The summed E-state index contributed by atoms with van der Waals surface area (Å²) >= 11 is 3.21. The highest BCUT2D eigenvalue weighted by Crippen LogP contribution is 2.32. The van der Waals surface area contributed by atoms with E-state index in [1.54, 1.807) is 24.3 Å². The molecule has 2 aromatic rings. The fourth-order valence-electron chi connectivity index (χ4n) is 1.99. The second kappa shape index (κ2) is 8.34. The zero-order valence-electron chi connectivity index (χ0n) is 13.2. The first-order chi connectivity index (χ1) is 11.9. The van der Waals surface area contributed by atoms with Crippen molar-refractivity contribution in [3.63, 3.8) is 0 Å². The minimum atomic E-state index is -1.07. The SMILES string of the molecule is COc1cc(O)c(Br)cc1/C=C/C(=O)c1ccc(OCC(=O)O)cc1. The van der Waals surface area contributed by atoms with Gasteiger partial charge in [0.15, 0.2) is 12.4 Å². The van der Waals surface area contributed by atoms with Gasteiger partial charge in [-0.2, -0.15) is 0 Å². The van der Waals surface area contributed by atoms with Gasteiger partial charge in [0.25, 0.3) is 0 Å². The first-order valence-corrected chi connectivity index (χ1v) is 7.93. The van der Waals surface area contributed by atoms with Gasteiger partial charge in [0, 0.05) is 17.2 Å². The van der Waals surface area contributed by atoms with Crippen LogP contribution < -0.4 is 9.47 Å². The molecular formula is C18H15BrO6. The first kappa shape index (κ1) is 18.5. The number of carboxylic acid groups (broad SMARTS) is 1. The van der Waals surface area contributed by atoms with Crippen LogP contribution in [0.3, 0.4) is 0 Å². The number of phenolic OH excluding ortho intramolecular Hbond substituents is 1. The van der Waals surface area contributed by atoms with Crippen LogP contribution in [0, 0.1) is 0 Å². The summed E-state index contributed by atoms with van der Waals surface area (Å²) in [6.07, 6.45) is 2.97. The lowest BCUT2D eigenvalue weighted by Gasteiger charge is -2.07. The van der Waals surface area contributed by atoms with Gasteiger partial charge in [-0.05, 0) is 58.4 Å². The monoisotopic (exact) mass is 406 g/mol. The number of methoxy groups -OCH3 is 1. The molecule has 0 amide bonds. The molecule has 0 radical (unpaired) electrons. The van der Waals surface area contributed by atoms with Crippen LogP contribution >= 0.6 is 15.9 Å². The summed E-state index contributed by atoms with van der Waals surface area (Å²) in [6.45, 7) is -0.442. The van der Waals surface area contributed by atoms with E-state index in [1.807, 2.05) is 0 Å². The van der Waals surface area contributed by atoms with Crippen molar-refractivity contribution in [1.29, 1.82) is 0 Å². The number of aromatic hydroxyl groups is 1. The van der Waals surface area contributed by atoms with E-state index in [0.717, 1.165) is 0 Å². The molecule has 0 aliphatic carbocycles. The van der Waals surface area contributed by atoms with Crippen molar-refractivity contribution in [2.75, 3.05) is 13.7 Å². The third-order valence-corrected chi connectivity index (χ3v) is 3.85. The van der Waals surface area contributed by atoms with Crippen LogP contribution in [0.25, 0.3) is 6.08 Å². The number of carboxylic acids is 1. The summed E-state index contributed by atoms with van der Waals surface area (Å²) in [4.78, 5) is 22.7. The number of hydrogen-bond acceptors (Lipinski definition) is 5. The maximum absolute atomic E-state index is 12.2. The molecule has 0 aliphatic heterocycles. The number of halogens is 1. The maximum atomic E-state index is 12.2. The average Bonchev–Trinajstić information content (AvgIpc) is 2.60. The second-order valence-electron chi connectivity index (χ2n) is 4.95. The molecule has 0 saturated heterocycles. The summed E-state index contributed by atoms with van der Waals surface area (Å²) in [5.41, 5.74) is 1.05. The van der Waals surface area contributed by atoms with Crippen molar-refractivity contribution in [2.45, 2.75) is 0 Å². The Morgan fingerprint density at radius 2 is 1.88 bits per heavy atom. The van der Waals surface area contributed by atoms with Crippen LogP contribution in [0.4, 0.5) is 0 Å². The van der Waals surface area contributed by atoms with E-state index in [1.165, 1.54) is 31.4 Å². The summed E-state index contributed by atoms with van der Waals surface area (Å²) < 4.78 is 10.7. The Balaban J connectivity index is 2.12. The average molecular weight is 407 g/mol. The molecule has 130 valence electrons. The van der Waals surface area contributed by atoms with Crippen molar-refractivity contribution in [3.8, 4) is 17.2 Å². The third-order valence-electron chi connectivity index (χ3n) is 3.21. The molecule has 0 saturated carbocycles. The molecule has 6 nitrogen and oxygen atoms in total. The van der Waals surface area contributed by atoms with E-state index in [9.17, 15) is 14.7 Å². The van der Waals surface area contributed by atoms with Gasteiger partial charge in [-0.3, -0.25) is 4.79 Å². The highest BCUT2D eigenvalue weighted by molar-refractivity contribution is 9.10. The van der Waals surface area contributed by atoms with Crippen LogP contribution in [0.1, 0.15) is 15.9 Å². The zero-order valence-corrected chi connectivity index (χ0v) is 14.8. The number of aliphatic carboxylic acids is 1. The molecular weight excluding hydrogens is 392 g/mol. The van der Waals surface area contributed by atoms with Crippen LogP contribution in [0.15, 0.2) is 46.9 Å². The number of benzene rings is 2. The fourth-order valence-corrected chi connectivity index (χ4v) is 2.35. The minimum absolute atomic E-state index is 0.0391. The largest absolute Gasteiger partial charge is 0.507 e. The van der Waals surface area contributed by atoms with Gasteiger partial charge in [0.1, 0.15) is 17.2 Å². The number of ether oxygens (including phenoxy) is 2. The molecule has 25 heavy (non-hydrogen) atoms. The van der Waals surface area contributed by atoms with Gasteiger partial charge >= 0.3 is 5.97 Å².